The van der Waals surface area contributed by atoms with Crippen LogP contribution >= 0.6 is 39.5 Å². The maximum absolute atomic E-state index is 12.7. The first-order chi connectivity index (χ1) is 12.0. The Hall–Kier alpha value is -1.16. The van der Waals surface area contributed by atoms with Crippen molar-refractivity contribution in [2.24, 2.45) is 0 Å². The van der Waals surface area contributed by atoms with Gasteiger partial charge in [0.05, 0.1) is 5.69 Å². The van der Waals surface area contributed by atoms with E-state index in [4.69, 9.17) is 0 Å². The largest absolute Gasteiger partial charge is 0.426 e. The van der Waals surface area contributed by atoms with E-state index in [1.54, 1.807) is 23.9 Å². The van der Waals surface area contributed by atoms with E-state index in [0.29, 0.717) is 11.4 Å². The molecule has 0 radical (unpaired) electrons. The van der Waals surface area contributed by atoms with Crippen LogP contribution < -0.4 is 5.32 Å². The molecule has 2 rings (SSSR count). The fourth-order valence-electron chi connectivity index (χ4n) is 1.81. The summed E-state index contributed by atoms with van der Waals surface area (Å²) < 4.78 is 38.6. The maximum atomic E-state index is 12.7. The molecule has 0 saturated carbocycles. The fraction of sp³-hybridized carbons (Fsp3) is 0.235. The average molecular weight is 466 g/mol. The Labute approximate surface area is 165 Å². The van der Waals surface area contributed by atoms with Crippen LogP contribution in [0.4, 0.5) is 18.9 Å². The number of rotatable bonds is 5. The topological polar surface area (TPSA) is 49.3 Å². The highest BCUT2D eigenvalue weighted by molar-refractivity contribution is 9.10. The van der Waals surface area contributed by atoms with E-state index in [-0.39, 0.29) is 5.69 Å². The molecule has 0 spiro atoms. The van der Waals surface area contributed by atoms with E-state index in [9.17, 15) is 23.1 Å². The molecule has 0 bridgehead atoms. The second-order valence-corrected chi connectivity index (χ2v) is 8.32. The molecule has 140 valence electrons. The third kappa shape index (κ3) is 4.97. The summed E-state index contributed by atoms with van der Waals surface area (Å²) in [6, 6.07) is 12.8. The van der Waals surface area contributed by atoms with Gasteiger partial charge < -0.3 is 10.4 Å². The van der Waals surface area contributed by atoms with Gasteiger partial charge in [0.25, 0.3) is 5.91 Å². The number of alkyl halides is 3. The molecule has 0 saturated heterocycles. The van der Waals surface area contributed by atoms with Gasteiger partial charge >= 0.3 is 6.18 Å². The number of carbonyl (C=O) groups is 1. The maximum Gasteiger partial charge on any atom is 0.426 e. The Morgan fingerprint density at radius 1 is 1.08 bits per heavy atom. The number of hydrogen-bond acceptors (Lipinski definition) is 4. The Bertz CT molecular complexity index is 796. The number of aliphatic hydroxyl groups is 1. The van der Waals surface area contributed by atoms with Crippen molar-refractivity contribution in [3.63, 3.8) is 0 Å². The highest BCUT2D eigenvalue weighted by atomic mass is 79.9. The van der Waals surface area contributed by atoms with E-state index in [0.717, 1.165) is 14.7 Å². The van der Waals surface area contributed by atoms with Gasteiger partial charge in [0, 0.05) is 19.2 Å². The number of carbonyl (C=O) groups excluding carboxylic acids is 1. The van der Waals surface area contributed by atoms with Crippen LogP contribution in [0.5, 0.6) is 0 Å². The highest BCUT2D eigenvalue weighted by Gasteiger charge is 2.55. The van der Waals surface area contributed by atoms with Gasteiger partial charge in [0.2, 0.25) is 5.60 Å². The van der Waals surface area contributed by atoms with E-state index >= 15 is 0 Å². The number of anilines is 1. The smallest absolute Gasteiger partial charge is 0.373 e. The van der Waals surface area contributed by atoms with Crippen LogP contribution in [0.15, 0.2) is 61.6 Å². The molecule has 2 aromatic rings. The van der Waals surface area contributed by atoms with Gasteiger partial charge in [-0.05, 0) is 71.6 Å². The van der Waals surface area contributed by atoms with Crippen LogP contribution in [0.3, 0.4) is 0 Å². The number of hydrogen-bond donors (Lipinski definition) is 2. The quantitative estimate of drug-likeness (QED) is 0.566. The van der Waals surface area contributed by atoms with E-state index in [2.05, 4.69) is 21.2 Å². The van der Waals surface area contributed by atoms with Crippen molar-refractivity contribution in [3.8, 4) is 0 Å². The minimum atomic E-state index is -5.07. The Morgan fingerprint density at radius 2 is 1.62 bits per heavy atom. The molecule has 0 aliphatic carbocycles. The van der Waals surface area contributed by atoms with Crippen LogP contribution in [-0.2, 0) is 4.79 Å². The molecule has 3 nitrogen and oxygen atoms in total. The third-order valence-electron chi connectivity index (χ3n) is 3.48. The summed E-state index contributed by atoms with van der Waals surface area (Å²) in [6.07, 6.45) is -3.08. The summed E-state index contributed by atoms with van der Waals surface area (Å²) in [4.78, 5) is 14.8. The molecule has 2 aromatic carbocycles. The lowest BCUT2D eigenvalue weighted by molar-refractivity contribution is -0.242. The zero-order valence-electron chi connectivity index (χ0n) is 13.7. The molecule has 1 amide bonds. The van der Waals surface area contributed by atoms with Crippen LogP contribution in [0, 0.1) is 0 Å². The number of thioether (sulfide) groups is 1. The van der Waals surface area contributed by atoms with Crippen LogP contribution in [0.2, 0.25) is 0 Å². The van der Waals surface area contributed by atoms with E-state index in [1.165, 1.54) is 17.8 Å². The molecule has 0 aliphatic heterocycles. The lowest BCUT2D eigenvalue weighted by Crippen LogP contribution is -2.52. The normalized spacial score (nSPS) is 14.0. The summed E-state index contributed by atoms with van der Waals surface area (Å²) in [5.41, 5.74) is -3.33. The number of nitrogens with one attached hydrogen (secondary N) is 1. The second-order valence-electron chi connectivity index (χ2n) is 5.44. The lowest BCUT2D eigenvalue weighted by Gasteiger charge is -2.25. The molecule has 0 heterocycles. The molecule has 0 aliphatic rings. The molecule has 0 fully saturated rings. The minimum Gasteiger partial charge on any atom is -0.373 e. The van der Waals surface area contributed by atoms with Gasteiger partial charge in [-0.3, -0.25) is 4.79 Å². The molecule has 2 N–H and O–H groups in total. The first-order valence-corrected chi connectivity index (χ1v) is 10.1. The van der Waals surface area contributed by atoms with Crippen LogP contribution in [0.1, 0.15) is 6.92 Å². The molecular formula is C17H15BrF3NO2S2. The monoisotopic (exact) mass is 465 g/mol. The van der Waals surface area contributed by atoms with Crippen molar-refractivity contribution in [3.05, 3.63) is 46.9 Å². The van der Waals surface area contributed by atoms with Gasteiger partial charge in [-0.15, -0.1) is 11.8 Å². The average Bonchev–Trinajstić information content (AvgIpc) is 2.57. The van der Waals surface area contributed by atoms with Crippen LogP contribution in [0.25, 0.3) is 0 Å². The molecule has 26 heavy (non-hydrogen) atoms. The second kappa shape index (κ2) is 8.24. The molecule has 0 aromatic heterocycles. The molecule has 9 heteroatoms. The van der Waals surface area contributed by atoms with Crippen molar-refractivity contribution in [1.82, 2.24) is 0 Å². The Morgan fingerprint density at radius 3 is 2.12 bits per heavy atom. The van der Waals surface area contributed by atoms with E-state index < -0.39 is 17.7 Å². The SMILES string of the molecule is CSc1ccc(Sc2ccc(NC(=O)[C@@](C)(O)C(F)(F)F)c(Br)c2)cc1. The molecular weight excluding hydrogens is 451 g/mol. The zero-order chi connectivity index (χ0) is 19.5. The highest BCUT2D eigenvalue weighted by Crippen LogP contribution is 2.35. The molecule has 1 atom stereocenters. The Kier molecular flexibility index (Phi) is 6.70. The Balaban J connectivity index is 2.12. The van der Waals surface area contributed by atoms with Gasteiger partial charge in [-0.1, -0.05) is 11.8 Å². The summed E-state index contributed by atoms with van der Waals surface area (Å²) >= 11 is 6.35. The number of benzene rings is 2. The fourth-order valence-corrected chi connectivity index (χ4v) is 3.71. The van der Waals surface area contributed by atoms with Crippen molar-refractivity contribution in [2.75, 3.05) is 11.6 Å². The minimum absolute atomic E-state index is 0.140. The standard InChI is InChI=1S/C17H15BrF3NO2S2/c1-16(24,17(19,20)21)15(23)22-14-8-7-12(9-13(14)18)26-11-5-3-10(25-2)4-6-11/h3-9,24H,1-2H3,(H,22,23)/t16-/m1/s1. The van der Waals surface area contributed by atoms with Gasteiger partial charge in [-0.25, -0.2) is 0 Å². The van der Waals surface area contributed by atoms with Crippen molar-refractivity contribution >= 4 is 51.0 Å². The number of amides is 1. The summed E-state index contributed by atoms with van der Waals surface area (Å²) in [5, 5.41) is 11.5. The van der Waals surface area contributed by atoms with Gasteiger partial charge in [0.15, 0.2) is 0 Å². The molecule has 0 unspecified atom stereocenters. The zero-order valence-corrected chi connectivity index (χ0v) is 16.9. The predicted octanol–water partition coefficient (Wildman–Crippen LogP) is 5.57. The number of halogens is 4. The lowest BCUT2D eigenvalue weighted by atomic mass is 10.1. The summed E-state index contributed by atoms with van der Waals surface area (Å²) in [6.45, 7) is 0.415. The first-order valence-electron chi connectivity index (χ1n) is 7.26. The summed E-state index contributed by atoms with van der Waals surface area (Å²) in [5.74, 6) is -1.54. The van der Waals surface area contributed by atoms with Crippen LogP contribution in [-0.4, -0.2) is 29.0 Å². The van der Waals surface area contributed by atoms with Crippen molar-refractivity contribution in [2.45, 2.75) is 33.4 Å². The third-order valence-corrected chi connectivity index (χ3v) is 5.88. The van der Waals surface area contributed by atoms with Crippen molar-refractivity contribution in [1.29, 1.82) is 0 Å². The van der Waals surface area contributed by atoms with Gasteiger partial charge in [0.1, 0.15) is 0 Å². The predicted molar refractivity (Wildman–Crippen MR) is 102 cm³/mol. The van der Waals surface area contributed by atoms with Gasteiger partial charge in [-0.2, -0.15) is 13.2 Å². The van der Waals surface area contributed by atoms with E-state index in [1.807, 2.05) is 30.5 Å². The summed E-state index contributed by atoms with van der Waals surface area (Å²) in [7, 11) is 0. The van der Waals surface area contributed by atoms with Crippen molar-refractivity contribution < 1.29 is 23.1 Å². The first kappa shape index (κ1) is 21.1.